The molecule has 1 aromatic heterocycles. The fourth-order valence-electron chi connectivity index (χ4n) is 2.98. The predicted molar refractivity (Wildman–Crippen MR) is 98.5 cm³/mol. The minimum absolute atomic E-state index is 0.240. The molecule has 1 heterocycles. The maximum atomic E-state index is 14.2. The summed E-state index contributed by atoms with van der Waals surface area (Å²) in [6, 6.07) is 18.3. The van der Waals surface area contributed by atoms with Crippen molar-refractivity contribution in [3.8, 4) is 22.6 Å². The van der Waals surface area contributed by atoms with Crippen molar-refractivity contribution < 1.29 is 14.0 Å². The summed E-state index contributed by atoms with van der Waals surface area (Å²) in [7, 11) is 0. The van der Waals surface area contributed by atoms with Gasteiger partial charge in [0.1, 0.15) is 11.5 Å². The minimum atomic E-state index is -0.432. The Morgan fingerprint density at radius 2 is 1.80 bits per heavy atom. The Morgan fingerprint density at radius 1 is 1.00 bits per heavy atom. The smallest absolute Gasteiger partial charge is 0.175 e. The predicted octanol–water partition coefficient (Wildman–Crippen LogP) is 5.56. The summed E-state index contributed by atoms with van der Waals surface area (Å²) in [6.45, 7) is -0.302. The Morgan fingerprint density at radius 3 is 2.64 bits per heavy atom. The van der Waals surface area contributed by atoms with Crippen molar-refractivity contribution in [2.45, 2.75) is 6.61 Å². The number of halogens is 2. The van der Waals surface area contributed by atoms with Gasteiger partial charge in [-0.3, -0.25) is 0 Å². The number of aliphatic hydroxyl groups is 1. The van der Waals surface area contributed by atoms with Gasteiger partial charge in [-0.15, -0.1) is 0 Å². The lowest BCUT2D eigenvalue weighted by Crippen LogP contribution is -1.92. The molecule has 0 atom stereocenters. The molecule has 4 rings (SSSR count). The number of hydrogen-bond donors (Lipinski definition) is 1. The third-order valence-electron chi connectivity index (χ3n) is 4.16. The number of hydrogen-bond acceptors (Lipinski definition) is 3. The Balaban J connectivity index is 1.96. The van der Waals surface area contributed by atoms with Crippen LogP contribution in [0, 0.1) is 5.82 Å². The van der Waals surface area contributed by atoms with Crippen LogP contribution in [0.25, 0.3) is 33.4 Å². The van der Waals surface area contributed by atoms with Crippen LogP contribution >= 0.6 is 15.9 Å². The van der Waals surface area contributed by atoms with E-state index in [2.05, 4.69) is 21.1 Å². The molecule has 0 spiro atoms. The fourth-order valence-corrected chi connectivity index (χ4v) is 3.34. The van der Waals surface area contributed by atoms with Crippen molar-refractivity contribution in [3.63, 3.8) is 0 Å². The van der Waals surface area contributed by atoms with E-state index in [4.69, 9.17) is 4.52 Å². The van der Waals surface area contributed by atoms with Crippen molar-refractivity contribution in [1.82, 2.24) is 5.16 Å². The van der Waals surface area contributed by atoms with E-state index in [1.807, 2.05) is 42.5 Å². The second kappa shape index (κ2) is 6.43. The topological polar surface area (TPSA) is 46.3 Å². The van der Waals surface area contributed by atoms with E-state index in [0.29, 0.717) is 11.3 Å². The van der Waals surface area contributed by atoms with Crippen LogP contribution in [0.3, 0.4) is 0 Å². The van der Waals surface area contributed by atoms with Crippen LogP contribution in [0.1, 0.15) is 5.56 Å². The SMILES string of the molecule is OCc1c(-c2cccc3ccccc23)noc1-c1cc(Br)ccc1F. The molecule has 4 aromatic rings. The van der Waals surface area contributed by atoms with Gasteiger partial charge in [0.25, 0.3) is 0 Å². The number of benzene rings is 3. The van der Waals surface area contributed by atoms with Gasteiger partial charge in [-0.05, 0) is 29.0 Å². The molecule has 3 nitrogen and oxygen atoms in total. The zero-order chi connectivity index (χ0) is 17.4. The molecule has 0 saturated carbocycles. The Labute approximate surface area is 151 Å². The molecule has 0 aliphatic rings. The van der Waals surface area contributed by atoms with Gasteiger partial charge in [0.15, 0.2) is 5.76 Å². The standard InChI is InChI=1S/C20H13BrFNO2/c21-13-8-9-18(22)16(10-13)20-17(11-24)19(23-25-20)15-7-3-5-12-4-1-2-6-14(12)15/h1-10,24H,11H2. The molecule has 0 saturated heterocycles. The van der Waals surface area contributed by atoms with E-state index in [1.54, 1.807) is 12.1 Å². The quantitative estimate of drug-likeness (QED) is 0.492. The Hall–Kier alpha value is -2.50. The summed E-state index contributed by atoms with van der Waals surface area (Å²) in [4.78, 5) is 0. The molecule has 0 radical (unpaired) electrons. The molecule has 3 aromatic carbocycles. The molecular formula is C20H13BrFNO2. The monoisotopic (exact) mass is 397 g/mol. The minimum Gasteiger partial charge on any atom is -0.391 e. The van der Waals surface area contributed by atoms with Crippen LogP contribution in [0.2, 0.25) is 0 Å². The molecular weight excluding hydrogens is 385 g/mol. The summed E-state index contributed by atoms with van der Waals surface area (Å²) in [6.07, 6.45) is 0. The van der Waals surface area contributed by atoms with Gasteiger partial charge < -0.3 is 9.63 Å². The highest BCUT2D eigenvalue weighted by atomic mass is 79.9. The van der Waals surface area contributed by atoms with Crippen LogP contribution in [-0.4, -0.2) is 10.3 Å². The number of aromatic nitrogens is 1. The zero-order valence-electron chi connectivity index (χ0n) is 13.0. The highest BCUT2D eigenvalue weighted by Gasteiger charge is 2.22. The molecule has 124 valence electrons. The number of aliphatic hydroxyl groups excluding tert-OH is 1. The van der Waals surface area contributed by atoms with Gasteiger partial charge in [-0.25, -0.2) is 4.39 Å². The van der Waals surface area contributed by atoms with Crippen molar-refractivity contribution in [2.75, 3.05) is 0 Å². The first-order valence-electron chi connectivity index (χ1n) is 7.72. The third-order valence-corrected chi connectivity index (χ3v) is 4.66. The average Bonchev–Trinajstić information content (AvgIpc) is 3.06. The molecule has 0 aliphatic heterocycles. The number of nitrogens with zero attached hydrogens (tertiary/aromatic N) is 1. The van der Waals surface area contributed by atoms with E-state index in [1.165, 1.54) is 6.07 Å². The highest BCUT2D eigenvalue weighted by molar-refractivity contribution is 9.10. The van der Waals surface area contributed by atoms with Gasteiger partial charge in [-0.1, -0.05) is 63.6 Å². The summed E-state index contributed by atoms with van der Waals surface area (Å²) in [5.74, 6) is -0.192. The van der Waals surface area contributed by atoms with Gasteiger partial charge >= 0.3 is 0 Å². The van der Waals surface area contributed by atoms with Crippen LogP contribution in [0.15, 0.2) is 69.7 Å². The maximum absolute atomic E-state index is 14.2. The van der Waals surface area contributed by atoms with Crippen molar-refractivity contribution >= 4 is 26.7 Å². The molecule has 0 aliphatic carbocycles. The number of fused-ring (bicyclic) bond motifs is 1. The van der Waals surface area contributed by atoms with Crippen molar-refractivity contribution in [3.05, 3.63) is 76.5 Å². The second-order valence-electron chi connectivity index (χ2n) is 5.65. The molecule has 1 N–H and O–H groups in total. The Bertz CT molecular complexity index is 1070. The van der Waals surface area contributed by atoms with Gasteiger partial charge in [0.05, 0.1) is 17.7 Å². The van der Waals surface area contributed by atoms with Crippen molar-refractivity contribution in [2.24, 2.45) is 0 Å². The largest absolute Gasteiger partial charge is 0.391 e. The molecule has 5 heteroatoms. The van der Waals surface area contributed by atoms with E-state index >= 15 is 0 Å². The second-order valence-corrected chi connectivity index (χ2v) is 6.56. The Kier molecular flexibility index (Phi) is 4.11. The van der Waals surface area contributed by atoms with E-state index in [-0.39, 0.29) is 17.9 Å². The molecule has 0 bridgehead atoms. The zero-order valence-corrected chi connectivity index (χ0v) is 14.6. The van der Waals surface area contributed by atoms with E-state index < -0.39 is 5.82 Å². The first kappa shape index (κ1) is 16.0. The number of rotatable bonds is 3. The first-order chi connectivity index (χ1) is 12.2. The maximum Gasteiger partial charge on any atom is 0.175 e. The fraction of sp³-hybridized carbons (Fsp3) is 0.0500. The van der Waals surface area contributed by atoms with Crippen LogP contribution in [0.5, 0.6) is 0 Å². The van der Waals surface area contributed by atoms with Crippen LogP contribution < -0.4 is 0 Å². The molecule has 0 unspecified atom stereocenters. The normalized spacial score (nSPS) is 11.2. The van der Waals surface area contributed by atoms with Crippen molar-refractivity contribution in [1.29, 1.82) is 0 Å². The molecule has 25 heavy (non-hydrogen) atoms. The molecule has 0 fully saturated rings. The lowest BCUT2D eigenvalue weighted by atomic mass is 9.98. The highest BCUT2D eigenvalue weighted by Crippen LogP contribution is 2.37. The first-order valence-corrected chi connectivity index (χ1v) is 8.51. The molecule has 0 amide bonds. The van der Waals surface area contributed by atoms with Gasteiger partial charge in [0, 0.05) is 10.0 Å². The summed E-state index contributed by atoms with van der Waals surface area (Å²) in [5.41, 5.74) is 2.09. The summed E-state index contributed by atoms with van der Waals surface area (Å²) < 4.78 is 20.4. The summed E-state index contributed by atoms with van der Waals surface area (Å²) >= 11 is 3.33. The van der Waals surface area contributed by atoms with Crippen LogP contribution in [-0.2, 0) is 6.61 Å². The van der Waals surface area contributed by atoms with Gasteiger partial charge in [0.2, 0.25) is 0 Å². The average molecular weight is 398 g/mol. The lowest BCUT2D eigenvalue weighted by molar-refractivity contribution is 0.281. The lowest BCUT2D eigenvalue weighted by Gasteiger charge is -2.06. The third kappa shape index (κ3) is 2.75. The van der Waals surface area contributed by atoms with Gasteiger partial charge in [-0.2, -0.15) is 0 Å². The van der Waals surface area contributed by atoms with E-state index in [9.17, 15) is 9.50 Å². The van der Waals surface area contributed by atoms with E-state index in [0.717, 1.165) is 20.8 Å². The summed E-state index contributed by atoms with van der Waals surface area (Å²) in [5, 5.41) is 16.1. The van der Waals surface area contributed by atoms with Crippen LogP contribution in [0.4, 0.5) is 4.39 Å².